The van der Waals surface area contributed by atoms with E-state index in [0.717, 1.165) is 31.4 Å². The van der Waals surface area contributed by atoms with Crippen LogP contribution in [0, 0.1) is 23.7 Å². The van der Waals surface area contributed by atoms with Crippen LogP contribution in [0.4, 0.5) is 5.88 Å². The molecule has 4 aromatic rings. The number of aromatic nitrogens is 5. The minimum absolute atomic E-state index is 0.00620. The lowest BCUT2D eigenvalue weighted by molar-refractivity contribution is -0.152. The molecule has 2 atom stereocenters. The van der Waals surface area contributed by atoms with Crippen molar-refractivity contribution in [2.75, 3.05) is 5.32 Å². The van der Waals surface area contributed by atoms with Gasteiger partial charge in [0.05, 0.1) is 17.7 Å². The number of anilines is 1. The van der Waals surface area contributed by atoms with E-state index in [1.165, 1.54) is 6.20 Å². The number of nitrogens with one attached hydrogen (secondary N) is 2. The Hall–Kier alpha value is -3.79. The lowest BCUT2D eigenvalue weighted by Crippen LogP contribution is -2.45. The van der Waals surface area contributed by atoms with Crippen LogP contribution in [-0.4, -0.2) is 42.4 Å². The number of halogens is 1. The predicted octanol–water partition coefficient (Wildman–Crippen LogP) is 4.58. The molecule has 3 aliphatic carbocycles. The number of carboxylic acids is 1. The van der Waals surface area contributed by atoms with Crippen LogP contribution in [0.5, 0.6) is 0 Å². The summed E-state index contributed by atoms with van der Waals surface area (Å²) >= 11 is 6.10. The number of fused-ring (bicyclic) bond motifs is 4. The van der Waals surface area contributed by atoms with Crippen LogP contribution in [0.3, 0.4) is 0 Å². The maximum absolute atomic E-state index is 12.2. The van der Waals surface area contributed by atoms with Gasteiger partial charge in [-0.05, 0) is 62.0 Å². The van der Waals surface area contributed by atoms with Gasteiger partial charge in [0.25, 0.3) is 0 Å². The normalized spacial score (nSPS) is 23.1. The molecular weight excluding hydrogens is 484 g/mol. The zero-order chi connectivity index (χ0) is 24.8. The van der Waals surface area contributed by atoms with E-state index in [9.17, 15) is 14.7 Å². The van der Waals surface area contributed by atoms with E-state index >= 15 is 0 Å². The van der Waals surface area contributed by atoms with Gasteiger partial charge in [-0.25, -0.2) is 19.9 Å². The molecule has 3 saturated carbocycles. The number of carboxylic acid groups (broad SMARTS) is 1. The summed E-state index contributed by atoms with van der Waals surface area (Å²) in [6, 6.07) is 5.20. The molecule has 4 aromatic heterocycles. The third-order valence-corrected chi connectivity index (χ3v) is 7.73. The number of hydrogen-bond acceptors (Lipinski definition) is 7. The molecule has 10 nitrogen and oxygen atoms in total. The highest BCUT2D eigenvalue weighted by molar-refractivity contribution is 6.29. The fourth-order valence-electron chi connectivity index (χ4n) is 6.00. The number of aliphatic carboxylic acids is 1. The molecule has 0 spiro atoms. The molecule has 2 bridgehead atoms. The van der Waals surface area contributed by atoms with E-state index in [1.54, 1.807) is 18.3 Å². The Morgan fingerprint density at radius 1 is 1.19 bits per heavy atom. The second kappa shape index (κ2) is 9.02. The van der Waals surface area contributed by atoms with Crippen LogP contribution < -0.4 is 5.32 Å². The first-order valence-corrected chi connectivity index (χ1v) is 12.3. The first-order chi connectivity index (χ1) is 17.5. The zero-order valence-corrected chi connectivity index (χ0v) is 19.9. The number of H-pyrrole nitrogens is 1. The second-order valence-corrected chi connectivity index (χ2v) is 9.88. The van der Waals surface area contributed by atoms with Gasteiger partial charge in [-0.2, -0.15) is 0 Å². The third kappa shape index (κ3) is 4.01. The Kier molecular flexibility index (Phi) is 5.67. The molecule has 7 rings (SSSR count). The molecule has 0 radical (unpaired) electrons. The fourth-order valence-corrected chi connectivity index (χ4v) is 6.13. The van der Waals surface area contributed by atoms with E-state index in [-0.39, 0.29) is 22.9 Å². The SMILES string of the molecule is O=CNc1ccc(-c2cc(C[C@H]3C4CCC(CC4)[C@@H]3C(=O)O)nc(-c3c[nH]c4ncc(Cl)nc34)n2)o1. The summed E-state index contributed by atoms with van der Waals surface area (Å²) < 4.78 is 5.76. The Labute approximate surface area is 210 Å². The van der Waals surface area contributed by atoms with Crippen LogP contribution >= 0.6 is 11.6 Å². The first kappa shape index (κ1) is 22.7. The summed E-state index contributed by atoms with van der Waals surface area (Å²) in [7, 11) is 0. The van der Waals surface area contributed by atoms with E-state index in [2.05, 4.69) is 20.3 Å². The van der Waals surface area contributed by atoms with Crippen molar-refractivity contribution in [2.24, 2.45) is 23.7 Å². The van der Waals surface area contributed by atoms with E-state index in [1.807, 2.05) is 6.07 Å². The molecule has 4 heterocycles. The maximum Gasteiger partial charge on any atom is 0.307 e. The highest BCUT2D eigenvalue weighted by Crippen LogP contribution is 2.50. The standard InChI is InChI=1S/C25H23ClN6O4/c26-19-10-28-24-22(32-19)16(9-27-24)23-30-14(8-17(31-23)18-5-6-20(36-18)29-11-33)7-15-12-1-3-13(4-2-12)21(15)25(34)35/h5-6,8-13,15,21H,1-4,7H2,(H,27,28)(H,29,33)(H,34,35)/t12?,13?,15-,21-/m0/s1. The topological polar surface area (TPSA) is 147 Å². The lowest BCUT2D eigenvalue weighted by Gasteiger charge is -2.46. The average Bonchev–Trinajstić information content (AvgIpc) is 3.51. The smallest absolute Gasteiger partial charge is 0.307 e. The van der Waals surface area contributed by atoms with Crippen molar-refractivity contribution >= 4 is 41.0 Å². The van der Waals surface area contributed by atoms with E-state index < -0.39 is 5.97 Å². The number of nitrogens with zero attached hydrogens (tertiary/aromatic N) is 4. The number of carbonyl (C=O) groups is 2. The van der Waals surface area contributed by atoms with Gasteiger partial charge < -0.3 is 14.5 Å². The molecule has 184 valence electrons. The number of hydrogen-bond donors (Lipinski definition) is 3. The van der Waals surface area contributed by atoms with Gasteiger partial charge in [0.1, 0.15) is 16.4 Å². The molecule has 0 aromatic carbocycles. The Bertz CT molecular complexity index is 1460. The highest BCUT2D eigenvalue weighted by atomic mass is 35.5. The minimum Gasteiger partial charge on any atom is -0.481 e. The molecule has 0 unspecified atom stereocenters. The van der Waals surface area contributed by atoms with Crippen molar-refractivity contribution in [3.8, 4) is 22.8 Å². The van der Waals surface area contributed by atoms with Gasteiger partial charge in [0, 0.05) is 18.0 Å². The summed E-state index contributed by atoms with van der Waals surface area (Å²) in [5.74, 6) is 0.639. The Balaban J connectivity index is 1.45. The van der Waals surface area contributed by atoms with Crippen LogP contribution in [0.2, 0.25) is 5.15 Å². The summed E-state index contributed by atoms with van der Waals surface area (Å²) in [6.45, 7) is 0. The van der Waals surface area contributed by atoms with Crippen molar-refractivity contribution < 1.29 is 19.1 Å². The van der Waals surface area contributed by atoms with Gasteiger partial charge in [-0.3, -0.25) is 14.9 Å². The van der Waals surface area contributed by atoms with Gasteiger partial charge in [0.15, 0.2) is 23.1 Å². The van der Waals surface area contributed by atoms with E-state index in [4.69, 9.17) is 26.0 Å². The van der Waals surface area contributed by atoms with Crippen molar-refractivity contribution in [3.05, 3.63) is 41.4 Å². The summed E-state index contributed by atoms with van der Waals surface area (Å²) in [4.78, 5) is 44.4. The van der Waals surface area contributed by atoms with Crippen molar-refractivity contribution in [3.63, 3.8) is 0 Å². The Morgan fingerprint density at radius 3 is 2.78 bits per heavy atom. The largest absolute Gasteiger partial charge is 0.481 e. The molecular formula is C25H23ClN6O4. The second-order valence-electron chi connectivity index (χ2n) is 9.49. The van der Waals surface area contributed by atoms with Crippen LogP contribution in [0.15, 0.2) is 35.0 Å². The number of amides is 1. The highest BCUT2D eigenvalue weighted by Gasteiger charge is 2.47. The quantitative estimate of drug-likeness (QED) is 0.309. The van der Waals surface area contributed by atoms with Gasteiger partial charge in [-0.15, -0.1) is 0 Å². The van der Waals surface area contributed by atoms with Crippen molar-refractivity contribution in [2.45, 2.75) is 32.1 Å². The molecule has 11 heteroatoms. The molecule has 1 amide bonds. The van der Waals surface area contributed by atoms with Gasteiger partial charge >= 0.3 is 5.97 Å². The van der Waals surface area contributed by atoms with Gasteiger partial charge in [0.2, 0.25) is 6.41 Å². The number of rotatable bonds is 7. The molecule has 0 saturated heterocycles. The molecule has 3 N–H and O–H groups in total. The molecule has 36 heavy (non-hydrogen) atoms. The summed E-state index contributed by atoms with van der Waals surface area (Å²) in [5, 5.41) is 12.8. The fraction of sp³-hybridized carbons (Fsp3) is 0.360. The van der Waals surface area contributed by atoms with Crippen LogP contribution in [-0.2, 0) is 16.0 Å². The number of carbonyl (C=O) groups excluding carboxylic acids is 1. The predicted molar refractivity (Wildman–Crippen MR) is 131 cm³/mol. The lowest BCUT2D eigenvalue weighted by atomic mass is 9.57. The number of furan rings is 1. The minimum atomic E-state index is -0.721. The first-order valence-electron chi connectivity index (χ1n) is 11.9. The molecule has 0 aliphatic heterocycles. The third-order valence-electron chi connectivity index (χ3n) is 7.55. The maximum atomic E-state index is 12.2. The van der Waals surface area contributed by atoms with Crippen LogP contribution in [0.1, 0.15) is 31.4 Å². The van der Waals surface area contributed by atoms with Crippen molar-refractivity contribution in [1.82, 2.24) is 24.9 Å². The molecule has 3 aliphatic rings. The zero-order valence-electron chi connectivity index (χ0n) is 19.1. The van der Waals surface area contributed by atoms with Crippen molar-refractivity contribution in [1.29, 1.82) is 0 Å². The van der Waals surface area contributed by atoms with Gasteiger partial charge in [-0.1, -0.05) is 11.6 Å². The average molecular weight is 507 g/mol. The summed E-state index contributed by atoms with van der Waals surface area (Å²) in [5.41, 5.74) is 2.96. The van der Waals surface area contributed by atoms with E-state index in [0.29, 0.717) is 58.6 Å². The monoisotopic (exact) mass is 506 g/mol. The number of aromatic amines is 1. The summed E-state index contributed by atoms with van der Waals surface area (Å²) in [6.07, 6.45) is 8.32. The Morgan fingerprint density at radius 2 is 2.00 bits per heavy atom. The van der Waals surface area contributed by atoms with Crippen LogP contribution in [0.25, 0.3) is 34.0 Å². The molecule has 3 fully saturated rings.